The van der Waals surface area contributed by atoms with E-state index in [0.717, 1.165) is 59.9 Å². The Kier molecular flexibility index (Phi) is 6.85. The van der Waals surface area contributed by atoms with Crippen molar-refractivity contribution in [1.29, 1.82) is 0 Å². The summed E-state index contributed by atoms with van der Waals surface area (Å²) in [4.78, 5) is 15.2. The van der Waals surface area contributed by atoms with E-state index in [4.69, 9.17) is 4.74 Å². The van der Waals surface area contributed by atoms with Gasteiger partial charge < -0.3 is 9.30 Å². The van der Waals surface area contributed by atoms with Gasteiger partial charge in [0.1, 0.15) is 0 Å². The highest BCUT2D eigenvalue weighted by molar-refractivity contribution is 7.91. The van der Waals surface area contributed by atoms with Crippen molar-refractivity contribution in [3.63, 3.8) is 0 Å². The lowest BCUT2D eigenvalue weighted by molar-refractivity contribution is 0.0931. The fraction of sp³-hybridized carbons (Fsp3) is 0.667. The summed E-state index contributed by atoms with van der Waals surface area (Å²) in [5, 5.41) is 4.65. The van der Waals surface area contributed by atoms with Crippen molar-refractivity contribution in [2.45, 2.75) is 72.2 Å². The maximum absolute atomic E-state index is 13.2. The van der Waals surface area contributed by atoms with E-state index in [1.165, 1.54) is 0 Å². The zero-order chi connectivity index (χ0) is 23.9. The molecule has 4 heterocycles. The van der Waals surface area contributed by atoms with Gasteiger partial charge in [-0.1, -0.05) is 0 Å². The minimum atomic E-state index is -2.97. The fourth-order valence-electron chi connectivity index (χ4n) is 5.26. The molecule has 0 aromatic carbocycles. The van der Waals surface area contributed by atoms with Crippen LogP contribution >= 0.6 is 0 Å². The molecule has 0 N–H and O–H groups in total. The lowest BCUT2D eigenvalue weighted by Crippen LogP contribution is -2.26. The molecule has 0 saturated carbocycles. The first-order chi connectivity index (χ1) is 15.6. The zero-order valence-electron chi connectivity index (χ0n) is 20.4. The Morgan fingerprint density at radius 3 is 2.61 bits per heavy atom. The first kappa shape index (κ1) is 24.2. The van der Waals surface area contributed by atoms with E-state index in [1.807, 2.05) is 50.4 Å². The molecule has 2 aliphatic rings. The van der Waals surface area contributed by atoms with Crippen LogP contribution in [-0.2, 0) is 27.7 Å². The summed E-state index contributed by atoms with van der Waals surface area (Å²) in [6.07, 6.45) is 3.02. The summed E-state index contributed by atoms with van der Waals surface area (Å²) in [7, 11) is -1.03. The molecule has 182 valence electrons. The Morgan fingerprint density at radius 2 is 1.97 bits per heavy atom. The molecule has 0 unspecified atom stereocenters. The summed E-state index contributed by atoms with van der Waals surface area (Å²) < 4.78 is 33.7. The number of ketones is 1. The van der Waals surface area contributed by atoms with Crippen molar-refractivity contribution in [3.8, 4) is 0 Å². The van der Waals surface area contributed by atoms with Gasteiger partial charge in [0.15, 0.2) is 15.6 Å². The van der Waals surface area contributed by atoms with E-state index in [9.17, 15) is 13.2 Å². The average Bonchev–Trinajstić information content (AvgIpc) is 3.50. The summed E-state index contributed by atoms with van der Waals surface area (Å²) in [5.74, 6) is 0.490. The molecule has 0 bridgehead atoms. The highest BCUT2D eigenvalue weighted by atomic mass is 32.2. The van der Waals surface area contributed by atoms with Gasteiger partial charge in [0.05, 0.1) is 35.9 Å². The molecular formula is C24H36N4O4S. The predicted octanol–water partition coefficient (Wildman–Crippen LogP) is 2.77. The number of aromatic nitrogens is 3. The van der Waals surface area contributed by atoms with E-state index in [0.29, 0.717) is 19.5 Å². The third-order valence-electron chi connectivity index (χ3n) is 7.15. The molecule has 9 heteroatoms. The molecule has 2 aromatic heterocycles. The topological polar surface area (TPSA) is 86.4 Å². The Labute approximate surface area is 196 Å². The van der Waals surface area contributed by atoms with E-state index in [-0.39, 0.29) is 29.4 Å². The van der Waals surface area contributed by atoms with E-state index in [2.05, 4.69) is 9.67 Å². The van der Waals surface area contributed by atoms with Crippen LogP contribution in [0.5, 0.6) is 0 Å². The maximum atomic E-state index is 13.2. The summed E-state index contributed by atoms with van der Waals surface area (Å²) in [5.41, 5.74) is 5.82. The maximum Gasteiger partial charge on any atom is 0.178 e. The van der Waals surface area contributed by atoms with Crippen LogP contribution in [-0.4, -0.2) is 71.3 Å². The normalized spacial score (nSPS) is 22.5. The van der Waals surface area contributed by atoms with Crippen LogP contribution in [0.3, 0.4) is 0 Å². The van der Waals surface area contributed by atoms with Gasteiger partial charge in [-0.15, -0.1) is 0 Å². The molecule has 2 saturated heterocycles. The minimum Gasteiger partial charge on any atom is -0.376 e. The second-order valence-electron chi connectivity index (χ2n) is 9.78. The first-order valence-corrected chi connectivity index (χ1v) is 13.6. The first-order valence-electron chi connectivity index (χ1n) is 11.8. The van der Waals surface area contributed by atoms with Crippen LogP contribution < -0.4 is 0 Å². The van der Waals surface area contributed by atoms with Crippen molar-refractivity contribution in [3.05, 3.63) is 40.0 Å². The van der Waals surface area contributed by atoms with Gasteiger partial charge in [0.2, 0.25) is 0 Å². The minimum absolute atomic E-state index is 0.0939. The lowest BCUT2D eigenvalue weighted by Gasteiger charge is -2.17. The number of aryl methyl sites for hydroxylation is 2. The number of hydrogen-bond donors (Lipinski definition) is 0. The zero-order valence-corrected chi connectivity index (χ0v) is 21.2. The highest BCUT2D eigenvalue weighted by Crippen LogP contribution is 2.27. The van der Waals surface area contributed by atoms with Crippen molar-refractivity contribution in [2.75, 3.05) is 31.7 Å². The van der Waals surface area contributed by atoms with Gasteiger partial charge in [0.25, 0.3) is 0 Å². The standard InChI is InChI=1S/C24H36N4O4S/c1-16-11-22(18(3)27(16)12-21-7-6-9-32-21)24(29)14-26(5)13-23-17(2)25-28(19(23)4)20-8-10-33(30,31)15-20/h11,20-21H,6-10,12-15H2,1-5H3/t20-,21-/m0/s1. The molecule has 0 amide bonds. The molecule has 2 fully saturated rings. The smallest absolute Gasteiger partial charge is 0.178 e. The number of Topliss-reactive ketones (excluding diaryl/α,β-unsaturated/α-hetero) is 1. The van der Waals surface area contributed by atoms with Gasteiger partial charge in [-0.05, 0) is 60.1 Å². The lowest BCUT2D eigenvalue weighted by atomic mass is 10.1. The number of hydrogen-bond acceptors (Lipinski definition) is 6. The van der Waals surface area contributed by atoms with Crippen LogP contribution in [0.4, 0.5) is 0 Å². The number of nitrogens with zero attached hydrogens (tertiary/aromatic N) is 4. The monoisotopic (exact) mass is 476 g/mol. The number of likely N-dealkylation sites (N-methyl/N-ethyl adjacent to an activating group) is 1. The molecule has 33 heavy (non-hydrogen) atoms. The number of rotatable bonds is 8. The van der Waals surface area contributed by atoms with E-state index in [1.54, 1.807) is 0 Å². The van der Waals surface area contributed by atoms with Crippen LogP contribution in [0.25, 0.3) is 0 Å². The molecular weight excluding hydrogens is 440 g/mol. The summed E-state index contributed by atoms with van der Waals surface area (Å²) >= 11 is 0. The Bertz CT molecular complexity index is 1140. The predicted molar refractivity (Wildman–Crippen MR) is 128 cm³/mol. The molecule has 2 aromatic rings. The van der Waals surface area contributed by atoms with Gasteiger partial charge in [-0.3, -0.25) is 14.4 Å². The van der Waals surface area contributed by atoms with Crippen molar-refractivity contribution in [2.24, 2.45) is 0 Å². The van der Waals surface area contributed by atoms with E-state index >= 15 is 0 Å². The van der Waals surface area contributed by atoms with Crippen molar-refractivity contribution >= 4 is 15.6 Å². The number of ether oxygens (including phenoxy) is 1. The third kappa shape index (κ3) is 5.10. The molecule has 4 rings (SSSR count). The molecule has 0 aliphatic carbocycles. The average molecular weight is 477 g/mol. The van der Waals surface area contributed by atoms with Crippen molar-refractivity contribution in [1.82, 2.24) is 19.2 Å². The van der Waals surface area contributed by atoms with Gasteiger partial charge >= 0.3 is 0 Å². The number of carbonyl (C=O) groups excluding carboxylic acids is 1. The van der Waals surface area contributed by atoms with Crippen LogP contribution in [0.1, 0.15) is 64.0 Å². The Balaban J connectivity index is 1.43. The van der Waals surface area contributed by atoms with Gasteiger partial charge in [-0.2, -0.15) is 5.10 Å². The van der Waals surface area contributed by atoms with Crippen LogP contribution in [0.15, 0.2) is 6.07 Å². The third-order valence-corrected chi connectivity index (χ3v) is 8.91. The Morgan fingerprint density at radius 1 is 1.21 bits per heavy atom. The summed E-state index contributed by atoms with van der Waals surface area (Å²) in [6.45, 7) is 10.5. The SMILES string of the molecule is Cc1nn([C@H]2CCS(=O)(=O)C2)c(C)c1CN(C)CC(=O)c1cc(C)n(C[C@@H]2CCCO2)c1C. The van der Waals surface area contributed by atoms with Gasteiger partial charge in [-0.25, -0.2) is 8.42 Å². The summed E-state index contributed by atoms with van der Waals surface area (Å²) in [6, 6.07) is 1.90. The quantitative estimate of drug-likeness (QED) is 0.545. The fourth-order valence-corrected chi connectivity index (χ4v) is 6.95. The highest BCUT2D eigenvalue weighted by Gasteiger charge is 2.31. The van der Waals surface area contributed by atoms with Crippen LogP contribution in [0, 0.1) is 27.7 Å². The van der Waals surface area contributed by atoms with Gasteiger partial charge in [0, 0.05) is 47.9 Å². The molecule has 8 nitrogen and oxygen atoms in total. The second-order valence-corrected chi connectivity index (χ2v) is 12.0. The second kappa shape index (κ2) is 9.35. The molecule has 2 atom stereocenters. The molecule has 0 radical (unpaired) electrons. The number of sulfone groups is 1. The molecule has 2 aliphatic heterocycles. The van der Waals surface area contributed by atoms with Crippen LogP contribution in [0.2, 0.25) is 0 Å². The van der Waals surface area contributed by atoms with E-state index < -0.39 is 9.84 Å². The number of carbonyl (C=O) groups is 1. The van der Waals surface area contributed by atoms with Crippen molar-refractivity contribution < 1.29 is 17.9 Å². The largest absolute Gasteiger partial charge is 0.376 e. The molecule has 0 spiro atoms. The Hall–Kier alpha value is -1.97.